The van der Waals surface area contributed by atoms with Gasteiger partial charge in [-0.05, 0) is 25.7 Å². The Morgan fingerprint density at radius 3 is 1.00 bits per heavy atom. The summed E-state index contributed by atoms with van der Waals surface area (Å²) >= 11 is 0. The van der Waals surface area contributed by atoms with E-state index in [4.69, 9.17) is 0 Å². The molecule has 0 aliphatic heterocycles. The Kier molecular flexibility index (Phi) is 30.0. The third-order valence-electron chi connectivity index (χ3n) is 3.97. The minimum absolute atomic E-state index is 0. The zero-order chi connectivity index (χ0) is 18.5. The predicted octanol–water partition coefficient (Wildman–Crippen LogP) is 3.75. The van der Waals surface area contributed by atoms with Crippen molar-refractivity contribution in [2.45, 2.75) is 117 Å². The standard InChI is InChI=1S/2C10H20O2.Fe/c2*1-2-3-4-5-6-7-8-9-10(11)12;/h2*2-9H2,1H3,(H,11,12);/q;;+2/p-2. The van der Waals surface area contributed by atoms with Crippen molar-refractivity contribution in [3.05, 3.63) is 0 Å². The Bertz CT molecular complexity index is 255. The van der Waals surface area contributed by atoms with Crippen LogP contribution in [0.5, 0.6) is 0 Å². The Hall–Kier alpha value is -0.541. The number of unbranched alkanes of at least 4 members (excludes halogenated alkanes) is 12. The van der Waals surface area contributed by atoms with Gasteiger partial charge in [-0.2, -0.15) is 0 Å². The number of aliphatic carboxylic acids is 2. The summed E-state index contributed by atoms with van der Waals surface area (Å²) in [6.07, 6.45) is 16.7. The SMILES string of the molecule is CCCCCCCCCC(=O)[O-].CCCCCCCCCC(=O)[O-].[Fe+2]. The van der Waals surface area contributed by atoms with Gasteiger partial charge >= 0.3 is 17.1 Å². The van der Waals surface area contributed by atoms with Crippen molar-refractivity contribution in [1.29, 1.82) is 0 Å². The molecule has 0 amide bonds. The quantitative estimate of drug-likeness (QED) is 0.293. The fourth-order valence-corrected chi connectivity index (χ4v) is 2.45. The molecular weight excluding hydrogens is 360 g/mol. The zero-order valence-electron chi connectivity index (χ0n) is 16.3. The molecule has 0 aromatic rings. The third-order valence-corrected chi connectivity index (χ3v) is 3.97. The number of carboxylic acids is 2. The average Bonchev–Trinajstić information content (AvgIpc) is 2.53. The smallest absolute Gasteiger partial charge is 0.550 e. The van der Waals surface area contributed by atoms with Crippen molar-refractivity contribution < 1.29 is 36.9 Å². The molecule has 0 fully saturated rings. The molecule has 0 rings (SSSR count). The van der Waals surface area contributed by atoms with Crippen molar-refractivity contribution in [3.63, 3.8) is 0 Å². The molecule has 0 atom stereocenters. The molecule has 0 heterocycles. The van der Waals surface area contributed by atoms with Gasteiger partial charge < -0.3 is 19.8 Å². The monoisotopic (exact) mass is 398 g/mol. The van der Waals surface area contributed by atoms with E-state index in [1.165, 1.54) is 64.2 Å². The van der Waals surface area contributed by atoms with E-state index in [0.717, 1.165) is 25.7 Å². The van der Waals surface area contributed by atoms with Crippen LogP contribution in [0.25, 0.3) is 0 Å². The van der Waals surface area contributed by atoms with Gasteiger partial charge in [-0.1, -0.05) is 90.9 Å². The van der Waals surface area contributed by atoms with Gasteiger partial charge in [0.2, 0.25) is 0 Å². The molecule has 0 unspecified atom stereocenters. The molecule has 0 bridgehead atoms. The van der Waals surface area contributed by atoms with E-state index in [1.807, 2.05) is 0 Å². The first kappa shape index (κ1) is 29.2. The molecule has 0 saturated heterocycles. The van der Waals surface area contributed by atoms with Gasteiger partial charge in [-0.3, -0.25) is 0 Å². The van der Waals surface area contributed by atoms with E-state index in [1.54, 1.807) is 0 Å². The molecule has 25 heavy (non-hydrogen) atoms. The van der Waals surface area contributed by atoms with Crippen LogP contribution < -0.4 is 10.2 Å². The van der Waals surface area contributed by atoms with Crippen LogP contribution in [0.3, 0.4) is 0 Å². The Morgan fingerprint density at radius 2 is 0.760 bits per heavy atom. The summed E-state index contributed by atoms with van der Waals surface area (Å²) in [6.45, 7) is 4.38. The van der Waals surface area contributed by atoms with Crippen LogP contribution in [-0.2, 0) is 26.7 Å². The van der Waals surface area contributed by atoms with Crippen molar-refractivity contribution in [1.82, 2.24) is 0 Å². The van der Waals surface area contributed by atoms with E-state index in [-0.39, 0.29) is 29.9 Å². The molecule has 0 aliphatic carbocycles. The van der Waals surface area contributed by atoms with E-state index < -0.39 is 11.9 Å². The van der Waals surface area contributed by atoms with Gasteiger partial charge in [0.05, 0.1) is 0 Å². The van der Waals surface area contributed by atoms with Crippen molar-refractivity contribution in [2.24, 2.45) is 0 Å². The van der Waals surface area contributed by atoms with Gasteiger partial charge in [-0.25, -0.2) is 0 Å². The molecule has 0 spiro atoms. The van der Waals surface area contributed by atoms with Crippen LogP contribution >= 0.6 is 0 Å². The fraction of sp³-hybridized carbons (Fsp3) is 0.900. The number of hydrogen-bond donors (Lipinski definition) is 0. The second-order valence-corrected chi connectivity index (χ2v) is 6.49. The Labute approximate surface area is 165 Å². The molecular formula is C20H38FeO4. The largest absolute Gasteiger partial charge is 2.00 e. The molecule has 0 N–H and O–H groups in total. The van der Waals surface area contributed by atoms with Crippen LogP contribution in [0, 0.1) is 0 Å². The van der Waals surface area contributed by atoms with Crippen molar-refractivity contribution in [2.75, 3.05) is 0 Å². The number of hydrogen-bond acceptors (Lipinski definition) is 4. The fourth-order valence-electron chi connectivity index (χ4n) is 2.45. The molecule has 0 radical (unpaired) electrons. The normalized spacial score (nSPS) is 9.68. The van der Waals surface area contributed by atoms with Gasteiger partial charge in [0.15, 0.2) is 0 Å². The molecule has 0 aromatic heterocycles. The first-order chi connectivity index (χ1) is 11.5. The summed E-state index contributed by atoms with van der Waals surface area (Å²) in [7, 11) is 0. The first-order valence-corrected chi connectivity index (χ1v) is 9.94. The Balaban J connectivity index is -0.000000372. The zero-order valence-corrected chi connectivity index (χ0v) is 17.4. The van der Waals surface area contributed by atoms with Gasteiger partial charge in [0.25, 0.3) is 0 Å². The molecule has 150 valence electrons. The maximum atomic E-state index is 10.0. The Morgan fingerprint density at radius 1 is 0.520 bits per heavy atom. The average molecular weight is 398 g/mol. The maximum Gasteiger partial charge on any atom is 2.00 e. The van der Waals surface area contributed by atoms with Gasteiger partial charge in [-0.15, -0.1) is 0 Å². The van der Waals surface area contributed by atoms with Gasteiger partial charge in [0.1, 0.15) is 0 Å². The second kappa shape index (κ2) is 25.7. The molecule has 0 saturated carbocycles. The predicted molar refractivity (Wildman–Crippen MR) is 95.2 cm³/mol. The summed E-state index contributed by atoms with van der Waals surface area (Å²) in [6, 6.07) is 0. The third kappa shape index (κ3) is 35.4. The summed E-state index contributed by atoms with van der Waals surface area (Å²) in [5, 5.41) is 20.0. The number of carbonyl (C=O) groups is 2. The number of carbonyl (C=O) groups excluding carboxylic acids is 2. The van der Waals surface area contributed by atoms with Crippen LogP contribution in [0.15, 0.2) is 0 Å². The minimum atomic E-state index is -0.913. The number of rotatable bonds is 16. The summed E-state index contributed by atoms with van der Waals surface area (Å²) in [5.41, 5.74) is 0. The van der Waals surface area contributed by atoms with Gasteiger partial charge in [0, 0.05) is 11.9 Å². The summed E-state index contributed by atoms with van der Waals surface area (Å²) in [5.74, 6) is -1.83. The topological polar surface area (TPSA) is 80.3 Å². The van der Waals surface area contributed by atoms with Crippen LogP contribution in [-0.4, -0.2) is 11.9 Å². The summed E-state index contributed by atoms with van der Waals surface area (Å²) in [4.78, 5) is 20.0. The van der Waals surface area contributed by atoms with Crippen molar-refractivity contribution in [3.8, 4) is 0 Å². The van der Waals surface area contributed by atoms with E-state index in [9.17, 15) is 19.8 Å². The number of carboxylic acid groups (broad SMARTS) is 2. The second-order valence-electron chi connectivity index (χ2n) is 6.49. The van der Waals surface area contributed by atoms with Crippen LogP contribution in [0.4, 0.5) is 0 Å². The molecule has 4 nitrogen and oxygen atoms in total. The van der Waals surface area contributed by atoms with E-state index in [0.29, 0.717) is 0 Å². The minimum Gasteiger partial charge on any atom is -0.550 e. The van der Waals surface area contributed by atoms with Crippen LogP contribution in [0.1, 0.15) is 117 Å². The van der Waals surface area contributed by atoms with E-state index in [2.05, 4.69) is 13.8 Å². The maximum absolute atomic E-state index is 10.0. The summed E-state index contributed by atoms with van der Waals surface area (Å²) < 4.78 is 0. The molecule has 0 aromatic carbocycles. The molecule has 0 aliphatic rings. The molecule has 5 heteroatoms. The first-order valence-electron chi connectivity index (χ1n) is 9.94. The van der Waals surface area contributed by atoms with Crippen LogP contribution in [0.2, 0.25) is 0 Å². The van der Waals surface area contributed by atoms with Crippen molar-refractivity contribution >= 4 is 11.9 Å². The van der Waals surface area contributed by atoms with E-state index >= 15 is 0 Å².